The first kappa shape index (κ1) is 23.2. The van der Waals surface area contributed by atoms with Crippen molar-refractivity contribution in [2.45, 2.75) is 0 Å². The molecule has 1 aromatic heterocycles. The number of nitro groups is 1. The Bertz CT molecular complexity index is 1540. The van der Waals surface area contributed by atoms with E-state index in [9.17, 15) is 24.8 Å². The second-order valence-electron chi connectivity index (χ2n) is 7.37. The molecule has 0 aliphatic carbocycles. The number of rotatable bonds is 7. The van der Waals surface area contributed by atoms with Crippen LogP contribution in [0.15, 0.2) is 65.5 Å². The number of carboxylic acid groups (broad SMARTS) is 1. The third-order valence-electron chi connectivity index (χ3n) is 5.28. The van der Waals surface area contributed by atoms with Gasteiger partial charge in [0, 0.05) is 18.2 Å². The summed E-state index contributed by atoms with van der Waals surface area (Å²) < 4.78 is 12.0. The number of carbonyl (C=O) groups is 1. The number of hydrogen-bond acceptors (Lipinski definition) is 7. The van der Waals surface area contributed by atoms with Gasteiger partial charge in [0.05, 0.1) is 41.3 Å². The van der Waals surface area contributed by atoms with E-state index in [4.69, 9.17) is 9.47 Å². The fourth-order valence-corrected chi connectivity index (χ4v) is 3.56. The summed E-state index contributed by atoms with van der Waals surface area (Å²) in [7, 11) is 2.93. The van der Waals surface area contributed by atoms with Crippen LogP contribution >= 0.6 is 0 Å². The Kier molecular flexibility index (Phi) is 6.27. The number of nitrogens with zero attached hydrogens (tertiary/aromatic N) is 3. The average Bonchev–Trinajstić information content (AvgIpc) is 2.87. The number of nitro benzene ring substituents is 1. The Morgan fingerprint density at radius 3 is 2.34 bits per heavy atom. The standard InChI is InChI=1S/C25H19N3O7/c1-34-21-13-19-20(14-22(21)35-2)26-23(11-6-15-4-3-5-18(12-15)28(32)33)27(24(19)29)17-9-7-16(8-10-17)25(30)31/h3-14H,1-2H3,(H,30,31)/b11-6+. The molecule has 3 aromatic carbocycles. The zero-order valence-corrected chi connectivity index (χ0v) is 18.7. The molecule has 0 fully saturated rings. The normalized spacial score (nSPS) is 11.0. The minimum Gasteiger partial charge on any atom is -0.493 e. The van der Waals surface area contributed by atoms with E-state index in [2.05, 4.69) is 4.98 Å². The Morgan fingerprint density at radius 2 is 1.71 bits per heavy atom. The molecule has 10 heteroatoms. The van der Waals surface area contributed by atoms with Crippen LogP contribution in [0.25, 0.3) is 28.7 Å². The molecular formula is C25H19N3O7. The lowest BCUT2D eigenvalue weighted by molar-refractivity contribution is -0.384. The van der Waals surface area contributed by atoms with E-state index in [1.165, 1.54) is 61.3 Å². The summed E-state index contributed by atoms with van der Waals surface area (Å²) in [6, 6.07) is 14.9. The van der Waals surface area contributed by atoms with Crippen molar-refractivity contribution in [2.24, 2.45) is 0 Å². The number of hydrogen-bond donors (Lipinski definition) is 1. The first-order valence-electron chi connectivity index (χ1n) is 10.3. The van der Waals surface area contributed by atoms with E-state index in [1.54, 1.807) is 30.4 Å². The van der Waals surface area contributed by atoms with E-state index in [1.807, 2.05) is 0 Å². The van der Waals surface area contributed by atoms with Gasteiger partial charge in [-0.25, -0.2) is 9.78 Å². The number of fused-ring (bicyclic) bond motifs is 1. The van der Waals surface area contributed by atoms with Gasteiger partial charge in [0.15, 0.2) is 11.5 Å². The van der Waals surface area contributed by atoms with Gasteiger partial charge in [-0.1, -0.05) is 18.2 Å². The molecule has 4 rings (SSSR count). The van der Waals surface area contributed by atoms with Gasteiger partial charge in [-0.05, 0) is 42.0 Å². The van der Waals surface area contributed by atoms with Gasteiger partial charge in [0.25, 0.3) is 11.2 Å². The number of methoxy groups -OCH3 is 2. The van der Waals surface area contributed by atoms with Crippen LogP contribution in [-0.2, 0) is 0 Å². The van der Waals surface area contributed by atoms with Crippen LogP contribution in [0.2, 0.25) is 0 Å². The van der Waals surface area contributed by atoms with Crippen LogP contribution in [-0.4, -0.2) is 39.8 Å². The third-order valence-corrected chi connectivity index (χ3v) is 5.28. The van der Waals surface area contributed by atoms with Crippen molar-refractivity contribution in [3.05, 3.63) is 98.1 Å². The molecule has 0 radical (unpaired) electrons. The van der Waals surface area contributed by atoms with Crippen LogP contribution in [0.5, 0.6) is 11.5 Å². The number of benzene rings is 3. The Morgan fingerprint density at radius 1 is 1.03 bits per heavy atom. The smallest absolute Gasteiger partial charge is 0.335 e. The van der Waals surface area contributed by atoms with Crippen LogP contribution in [0.4, 0.5) is 5.69 Å². The summed E-state index contributed by atoms with van der Waals surface area (Å²) >= 11 is 0. The van der Waals surface area contributed by atoms with Gasteiger partial charge in [0.2, 0.25) is 0 Å². The monoisotopic (exact) mass is 473 g/mol. The lowest BCUT2D eigenvalue weighted by Crippen LogP contribution is -2.22. The minimum atomic E-state index is -1.09. The maximum atomic E-state index is 13.6. The van der Waals surface area contributed by atoms with Crippen molar-refractivity contribution in [1.82, 2.24) is 9.55 Å². The first-order chi connectivity index (χ1) is 16.8. The van der Waals surface area contributed by atoms with Gasteiger partial charge in [-0.3, -0.25) is 19.5 Å². The summed E-state index contributed by atoms with van der Waals surface area (Å²) in [5, 5.41) is 20.6. The molecule has 0 atom stereocenters. The van der Waals surface area contributed by atoms with Gasteiger partial charge >= 0.3 is 5.97 Å². The fourth-order valence-electron chi connectivity index (χ4n) is 3.56. The maximum absolute atomic E-state index is 13.6. The molecule has 176 valence electrons. The highest BCUT2D eigenvalue weighted by molar-refractivity contribution is 5.88. The number of carboxylic acids is 1. The molecule has 4 aromatic rings. The van der Waals surface area contributed by atoms with Crippen LogP contribution in [0.3, 0.4) is 0 Å². The van der Waals surface area contributed by atoms with E-state index in [-0.39, 0.29) is 22.5 Å². The topological polar surface area (TPSA) is 134 Å². The number of aromatic carboxylic acids is 1. The summed E-state index contributed by atoms with van der Waals surface area (Å²) in [5.74, 6) is -0.122. The lowest BCUT2D eigenvalue weighted by atomic mass is 10.1. The first-order valence-corrected chi connectivity index (χ1v) is 10.3. The second kappa shape index (κ2) is 9.48. The van der Waals surface area contributed by atoms with Crippen LogP contribution in [0, 0.1) is 10.1 Å². The molecule has 1 N–H and O–H groups in total. The van der Waals surface area contributed by atoms with E-state index >= 15 is 0 Å². The molecule has 0 bridgehead atoms. The molecule has 10 nitrogen and oxygen atoms in total. The summed E-state index contributed by atoms with van der Waals surface area (Å²) in [6.45, 7) is 0. The van der Waals surface area contributed by atoms with Crippen molar-refractivity contribution >= 4 is 34.7 Å². The highest BCUT2D eigenvalue weighted by Crippen LogP contribution is 2.30. The predicted octanol–water partition coefficient (Wildman–Crippen LogP) is 4.18. The number of non-ortho nitro benzene ring substituents is 1. The molecule has 0 aliphatic heterocycles. The van der Waals surface area contributed by atoms with Crippen molar-refractivity contribution < 1.29 is 24.3 Å². The Hall–Kier alpha value is -4.99. The largest absolute Gasteiger partial charge is 0.493 e. The maximum Gasteiger partial charge on any atom is 0.335 e. The molecule has 0 amide bonds. The Balaban J connectivity index is 1.95. The number of ether oxygens (including phenoxy) is 2. The van der Waals surface area contributed by atoms with E-state index in [0.717, 1.165) is 0 Å². The second-order valence-corrected chi connectivity index (χ2v) is 7.37. The summed E-state index contributed by atoms with van der Waals surface area (Å²) in [6.07, 6.45) is 3.16. The van der Waals surface area contributed by atoms with E-state index < -0.39 is 16.5 Å². The van der Waals surface area contributed by atoms with Gasteiger partial charge in [-0.15, -0.1) is 0 Å². The van der Waals surface area contributed by atoms with Gasteiger partial charge in [0.1, 0.15) is 5.82 Å². The minimum absolute atomic E-state index is 0.0654. The molecule has 0 saturated carbocycles. The molecule has 0 unspecified atom stereocenters. The fraction of sp³-hybridized carbons (Fsp3) is 0.0800. The SMILES string of the molecule is COc1cc2nc(/C=C/c3cccc([N+](=O)[O-])c3)n(-c3ccc(C(=O)O)cc3)c(=O)c2cc1OC. The van der Waals surface area contributed by atoms with Crippen molar-refractivity contribution in [2.75, 3.05) is 14.2 Å². The van der Waals surface area contributed by atoms with Crippen molar-refractivity contribution in [3.8, 4) is 17.2 Å². The van der Waals surface area contributed by atoms with Crippen molar-refractivity contribution in [3.63, 3.8) is 0 Å². The number of aromatic nitrogens is 2. The summed E-state index contributed by atoms with van der Waals surface area (Å²) in [5.41, 5.74) is 0.853. The highest BCUT2D eigenvalue weighted by atomic mass is 16.6. The van der Waals surface area contributed by atoms with Gasteiger partial charge in [-0.2, -0.15) is 0 Å². The molecular weight excluding hydrogens is 454 g/mol. The highest BCUT2D eigenvalue weighted by Gasteiger charge is 2.16. The molecule has 1 heterocycles. The third kappa shape index (κ3) is 4.58. The molecule has 0 saturated heterocycles. The Labute approximate surface area is 198 Å². The average molecular weight is 473 g/mol. The van der Waals surface area contributed by atoms with Crippen LogP contribution < -0.4 is 15.0 Å². The predicted molar refractivity (Wildman–Crippen MR) is 129 cm³/mol. The zero-order chi connectivity index (χ0) is 25.1. The van der Waals surface area contributed by atoms with Gasteiger partial charge < -0.3 is 14.6 Å². The summed E-state index contributed by atoms with van der Waals surface area (Å²) in [4.78, 5) is 40.1. The lowest BCUT2D eigenvalue weighted by Gasteiger charge is -2.14. The molecule has 0 spiro atoms. The molecule has 0 aliphatic rings. The quantitative estimate of drug-likeness (QED) is 0.312. The van der Waals surface area contributed by atoms with Crippen LogP contribution in [0.1, 0.15) is 21.7 Å². The zero-order valence-electron chi connectivity index (χ0n) is 18.7. The van der Waals surface area contributed by atoms with Crippen molar-refractivity contribution in [1.29, 1.82) is 0 Å². The molecule has 35 heavy (non-hydrogen) atoms. The van der Waals surface area contributed by atoms with E-state index in [0.29, 0.717) is 28.3 Å².